The molecule has 2 atom stereocenters. The van der Waals surface area contributed by atoms with Gasteiger partial charge in [-0.05, 0) is 38.0 Å². The number of allylic oxidation sites excluding steroid dienone is 1. The number of para-hydroxylation sites is 1. The number of aliphatic hydroxyl groups excluding tert-OH is 1. The molecule has 9 heteroatoms. The molecule has 0 bridgehead atoms. The molecule has 4 rings (SSSR count). The fourth-order valence-corrected chi connectivity index (χ4v) is 4.48. The number of amides is 1. The van der Waals surface area contributed by atoms with Crippen LogP contribution in [0.5, 0.6) is 0 Å². The number of hydrogen-bond acceptors (Lipinski definition) is 6. The third kappa shape index (κ3) is 5.11. The summed E-state index contributed by atoms with van der Waals surface area (Å²) >= 11 is 0. The molecule has 3 heterocycles. The lowest BCUT2D eigenvalue weighted by Gasteiger charge is -2.32. The van der Waals surface area contributed by atoms with Gasteiger partial charge in [0, 0.05) is 50.3 Å². The van der Waals surface area contributed by atoms with Crippen LogP contribution in [0.15, 0.2) is 47.0 Å². The van der Waals surface area contributed by atoms with Gasteiger partial charge in [0.05, 0.1) is 25.5 Å². The highest BCUT2D eigenvalue weighted by Gasteiger charge is 2.34. The Balaban J connectivity index is 1.67. The van der Waals surface area contributed by atoms with Crippen molar-refractivity contribution in [1.82, 2.24) is 14.3 Å². The van der Waals surface area contributed by atoms with E-state index in [1.165, 1.54) is 0 Å². The summed E-state index contributed by atoms with van der Waals surface area (Å²) in [5.74, 6) is -0.339. The Morgan fingerprint density at radius 2 is 1.91 bits per heavy atom. The van der Waals surface area contributed by atoms with Gasteiger partial charge in [-0.15, -0.1) is 0 Å². The number of nitrogens with zero attached hydrogens (tertiary/aromatic N) is 3. The van der Waals surface area contributed by atoms with Gasteiger partial charge in [-0.25, -0.2) is 4.68 Å². The van der Waals surface area contributed by atoms with E-state index in [0.29, 0.717) is 57.7 Å². The minimum absolute atomic E-state index is 0.0976. The first kappa shape index (κ1) is 24.3. The Hall–Kier alpha value is -2.88. The zero-order chi connectivity index (χ0) is 24.1. The van der Waals surface area contributed by atoms with Gasteiger partial charge in [0.2, 0.25) is 6.29 Å². The van der Waals surface area contributed by atoms with Crippen LogP contribution in [-0.2, 0) is 26.1 Å². The zero-order valence-corrected chi connectivity index (χ0v) is 19.8. The van der Waals surface area contributed by atoms with Crippen molar-refractivity contribution in [2.45, 2.75) is 38.4 Å². The molecule has 1 N–H and O–H groups in total. The van der Waals surface area contributed by atoms with Crippen molar-refractivity contribution >= 4 is 5.91 Å². The van der Waals surface area contributed by atoms with E-state index in [-0.39, 0.29) is 29.8 Å². The summed E-state index contributed by atoms with van der Waals surface area (Å²) in [4.78, 5) is 28.5. The third-order valence-corrected chi connectivity index (χ3v) is 6.39. The van der Waals surface area contributed by atoms with Crippen molar-refractivity contribution in [2.24, 2.45) is 7.05 Å². The first-order valence-electron chi connectivity index (χ1n) is 11.8. The average molecular weight is 472 g/mol. The van der Waals surface area contributed by atoms with Crippen molar-refractivity contribution in [3.05, 3.63) is 63.8 Å². The number of carbonyl (C=O) groups is 1. The molecule has 0 saturated carbocycles. The van der Waals surface area contributed by atoms with Crippen molar-refractivity contribution in [1.29, 1.82) is 0 Å². The van der Waals surface area contributed by atoms with Crippen LogP contribution in [-0.4, -0.2) is 71.1 Å². The van der Waals surface area contributed by atoms with Gasteiger partial charge in [-0.1, -0.05) is 18.2 Å². The molecule has 2 aliphatic rings. The number of carbonyl (C=O) groups excluding carboxylic acids is 1. The van der Waals surface area contributed by atoms with E-state index in [1.54, 1.807) is 15.7 Å². The summed E-state index contributed by atoms with van der Waals surface area (Å²) in [7, 11) is 1.86. The lowest BCUT2D eigenvalue weighted by atomic mass is 9.93. The Kier molecular flexibility index (Phi) is 7.87. The van der Waals surface area contributed by atoms with E-state index >= 15 is 0 Å². The number of unbranched alkanes of at least 4 members (excludes halogenated alkanes) is 1. The Morgan fingerprint density at radius 1 is 1.18 bits per heavy atom. The third-order valence-electron chi connectivity index (χ3n) is 6.39. The summed E-state index contributed by atoms with van der Waals surface area (Å²) in [5.41, 5.74) is 2.12. The van der Waals surface area contributed by atoms with E-state index in [9.17, 15) is 9.59 Å². The maximum Gasteiger partial charge on any atom is 0.288 e. The van der Waals surface area contributed by atoms with Crippen LogP contribution in [0.2, 0.25) is 0 Å². The fourth-order valence-electron chi connectivity index (χ4n) is 4.48. The van der Waals surface area contributed by atoms with Crippen molar-refractivity contribution < 1.29 is 24.1 Å². The highest BCUT2D eigenvalue weighted by Crippen LogP contribution is 2.33. The second-order valence-corrected chi connectivity index (χ2v) is 8.60. The van der Waals surface area contributed by atoms with Crippen molar-refractivity contribution in [2.75, 3.05) is 39.5 Å². The molecule has 1 saturated heterocycles. The minimum Gasteiger partial charge on any atom is -0.459 e. The van der Waals surface area contributed by atoms with Gasteiger partial charge in [-0.3, -0.25) is 14.3 Å². The van der Waals surface area contributed by atoms with Crippen LogP contribution in [0.4, 0.5) is 0 Å². The number of aromatic nitrogens is 2. The number of hydrogen-bond donors (Lipinski definition) is 1. The van der Waals surface area contributed by atoms with Crippen LogP contribution < -0.4 is 5.56 Å². The van der Waals surface area contributed by atoms with E-state index < -0.39 is 6.29 Å². The van der Waals surface area contributed by atoms with Crippen LogP contribution in [0.25, 0.3) is 5.69 Å². The molecule has 9 nitrogen and oxygen atoms in total. The first-order chi connectivity index (χ1) is 16.5. The summed E-state index contributed by atoms with van der Waals surface area (Å²) in [6.45, 7) is 4.39. The number of morpholine rings is 1. The molecule has 184 valence electrons. The number of rotatable bonds is 8. The lowest BCUT2D eigenvalue weighted by Crippen LogP contribution is -2.43. The molecule has 0 aliphatic carbocycles. The lowest BCUT2D eigenvalue weighted by molar-refractivity contribution is -0.155. The monoisotopic (exact) mass is 471 g/mol. The molecule has 2 aliphatic heterocycles. The molecular weight excluding hydrogens is 438 g/mol. The molecule has 34 heavy (non-hydrogen) atoms. The molecule has 0 unspecified atom stereocenters. The average Bonchev–Trinajstić information content (AvgIpc) is 3.10. The molecule has 2 aromatic rings. The Bertz CT molecular complexity index is 1070. The highest BCUT2D eigenvalue weighted by molar-refractivity contribution is 5.91. The minimum atomic E-state index is -0.655. The van der Waals surface area contributed by atoms with Crippen LogP contribution >= 0.6 is 0 Å². The molecule has 1 fully saturated rings. The molecule has 0 radical (unpaired) electrons. The van der Waals surface area contributed by atoms with Crippen LogP contribution in [0.3, 0.4) is 0 Å². The standard InChI is InChI=1S/C25H33N3O6/c1-18-23(25(31)28(26(18)2)20-8-4-3-5-9-20)19-16-21(24(30)27-10-14-32-15-11-27)34-22(17-19)33-13-7-6-12-29/h3-5,8-9,16,19,22,29H,6-7,10-15,17H2,1-2H3/t19-,22+/m1/s1. The van der Waals surface area contributed by atoms with E-state index in [0.717, 1.165) is 11.4 Å². The van der Waals surface area contributed by atoms with E-state index in [4.69, 9.17) is 19.3 Å². The Labute approximate surface area is 199 Å². The highest BCUT2D eigenvalue weighted by atomic mass is 16.7. The maximum atomic E-state index is 13.6. The summed E-state index contributed by atoms with van der Waals surface area (Å²) < 4.78 is 20.7. The summed E-state index contributed by atoms with van der Waals surface area (Å²) in [6, 6.07) is 9.49. The topological polar surface area (TPSA) is 95.2 Å². The molecule has 0 spiro atoms. The number of aliphatic hydroxyl groups is 1. The zero-order valence-electron chi connectivity index (χ0n) is 19.8. The summed E-state index contributed by atoms with van der Waals surface area (Å²) in [5, 5.41) is 9.04. The predicted molar refractivity (Wildman–Crippen MR) is 126 cm³/mol. The van der Waals surface area contributed by atoms with Crippen LogP contribution in [0, 0.1) is 6.92 Å². The van der Waals surface area contributed by atoms with Crippen molar-refractivity contribution in [3.8, 4) is 5.69 Å². The first-order valence-corrected chi connectivity index (χ1v) is 11.8. The number of ether oxygens (including phenoxy) is 3. The molecular formula is C25H33N3O6. The second-order valence-electron chi connectivity index (χ2n) is 8.60. The predicted octanol–water partition coefficient (Wildman–Crippen LogP) is 1.85. The molecule has 1 aromatic carbocycles. The largest absolute Gasteiger partial charge is 0.459 e. The van der Waals surface area contributed by atoms with Gasteiger partial charge in [-0.2, -0.15) is 0 Å². The maximum absolute atomic E-state index is 13.6. The fraction of sp³-hybridized carbons (Fsp3) is 0.520. The van der Waals surface area contributed by atoms with E-state index in [2.05, 4.69) is 0 Å². The summed E-state index contributed by atoms with van der Waals surface area (Å²) in [6.07, 6.45) is 2.85. The number of benzene rings is 1. The molecule has 1 aromatic heterocycles. The Morgan fingerprint density at radius 3 is 2.62 bits per heavy atom. The van der Waals surface area contributed by atoms with Crippen LogP contribution in [0.1, 0.15) is 36.4 Å². The van der Waals surface area contributed by atoms with Crippen molar-refractivity contribution in [3.63, 3.8) is 0 Å². The smallest absolute Gasteiger partial charge is 0.288 e. The molecule has 1 amide bonds. The van der Waals surface area contributed by atoms with Gasteiger partial charge >= 0.3 is 0 Å². The van der Waals surface area contributed by atoms with Gasteiger partial charge in [0.25, 0.3) is 11.5 Å². The van der Waals surface area contributed by atoms with Gasteiger partial charge < -0.3 is 24.2 Å². The SMILES string of the molecule is Cc1c([C@@H]2C=C(C(=O)N3CCOCC3)O[C@H](OCCCCO)C2)c(=O)n(-c2ccccc2)n1C. The van der Waals surface area contributed by atoms with Gasteiger partial charge in [0.15, 0.2) is 5.76 Å². The normalized spacial score (nSPS) is 20.7. The van der Waals surface area contributed by atoms with Gasteiger partial charge in [0.1, 0.15) is 0 Å². The quantitative estimate of drug-likeness (QED) is 0.591. The van der Waals surface area contributed by atoms with E-state index in [1.807, 2.05) is 49.0 Å². The second kappa shape index (κ2) is 11.0.